The SMILES string of the molecule is O=P(O)(O)Oc1ncc2ccccc2n1. The summed E-state index contributed by atoms with van der Waals surface area (Å²) in [5.41, 5.74) is 0.566. The van der Waals surface area contributed by atoms with Crippen LogP contribution in [0.15, 0.2) is 30.5 Å². The lowest BCUT2D eigenvalue weighted by molar-refractivity contribution is 0.275. The van der Waals surface area contributed by atoms with Gasteiger partial charge in [-0.05, 0) is 6.07 Å². The molecule has 6 nitrogen and oxygen atoms in total. The van der Waals surface area contributed by atoms with Crippen molar-refractivity contribution in [3.05, 3.63) is 30.5 Å². The molecule has 0 atom stereocenters. The Bertz CT molecular complexity index is 539. The van der Waals surface area contributed by atoms with Crippen molar-refractivity contribution in [3.8, 4) is 6.01 Å². The standard InChI is InChI=1S/C8H7N2O4P/c11-15(12,13)14-8-9-5-6-3-1-2-4-7(6)10-8/h1-5H,(H2,11,12,13). The summed E-state index contributed by atoms with van der Waals surface area (Å²) >= 11 is 0. The van der Waals surface area contributed by atoms with Gasteiger partial charge in [0.05, 0.1) is 5.52 Å². The second kappa shape index (κ2) is 3.58. The van der Waals surface area contributed by atoms with E-state index in [0.717, 1.165) is 5.39 Å². The maximum Gasteiger partial charge on any atom is 0.527 e. The third-order valence-electron chi connectivity index (χ3n) is 1.67. The lowest BCUT2D eigenvalue weighted by Crippen LogP contribution is -1.95. The summed E-state index contributed by atoms with van der Waals surface area (Å²) in [6, 6.07) is 6.73. The van der Waals surface area contributed by atoms with Crippen molar-refractivity contribution in [2.24, 2.45) is 0 Å². The van der Waals surface area contributed by atoms with Crippen LogP contribution in [0.2, 0.25) is 0 Å². The van der Waals surface area contributed by atoms with E-state index >= 15 is 0 Å². The van der Waals surface area contributed by atoms with Gasteiger partial charge >= 0.3 is 13.8 Å². The largest absolute Gasteiger partial charge is 0.527 e. The molecule has 0 saturated carbocycles. The molecule has 0 aliphatic carbocycles. The highest BCUT2D eigenvalue weighted by atomic mass is 31.2. The van der Waals surface area contributed by atoms with Gasteiger partial charge in [0.1, 0.15) is 0 Å². The van der Waals surface area contributed by atoms with Gasteiger partial charge in [0.15, 0.2) is 0 Å². The van der Waals surface area contributed by atoms with Crippen molar-refractivity contribution in [1.29, 1.82) is 0 Å². The normalized spacial score (nSPS) is 11.6. The highest BCUT2D eigenvalue weighted by Crippen LogP contribution is 2.35. The second-order valence-corrected chi connectivity index (χ2v) is 3.96. The molecule has 2 N–H and O–H groups in total. The average Bonchev–Trinajstić information content (AvgIpc) is 2.15. The fourth-order valence-electron chi connectivity index (χ4n) is 1.11. The van der Waals surface area contributed by atoms with E-state index in [1.165, 1.54) is 6.20 Å². The highest BCUT2D eigenvalue weighted by Gasteiger charge is 2.17. The maximum atomic E-state index is 10.5. The number of aromatic nitrogens is 2. The fourth-order valence-corrected chi connectivity index (χ4v) is 1.41. The molecule has 0 saturated heterocycles. The van der Waals surface area contributed by atoms with E-state index in [1.807, 2.05) is 6.07 Å². The number of phosphoric acid groups is 1. The van der Waals surface area contributed by atoms with Crippen LogP contribution in [0.25, 0.3) is 10.9 Å². The number of fused-ring (bicyclic) bond motifs is 1. The van der Waals surface area contributed by atoms with Crippen LogP contribution >= 0.6 is 7.82 Å². The van der Waals surface area contributed by atoms with E-state index in [-0.39, 0.29) is 6.01 Å². The molecule has 0 fully saturated rings. The van der Waals surface area contributed by atoms with E-state index in [4.69, 9.17) is 9.79 Å². The van der Waals surface area contributed by atoms with Crippen molar-refractivity contribution < 1.29 is 18.9 Å². The monoisotopic (exact) mass is 226 g/mol. The van der Waals surface area contributed by atoms with E-state index < -0.39 is 7.82 Å². The summed E-state index contributed by atoms with van der Waals surface area (Å²) in [6.45, 7) is 0. The molecule has 0 bridgehead atoms. The van der Waals surface area contributed by atoms with Gasteiger partial charge < -0.3 is 4.52 Å². The van der Waals surface area contributed by atoms with Crippen LogP contribution < -0.4 is 4.52 Å². The van der Waals surface area contributed by atoms with Crippen molar-refractivity contribution in [2.75, 3.05) is 0 Å². The molecule has 78 valence electrons. The Labute approximate surface area is 84.8 Å². The number of para-hydroxylation sites is 1. The summed E-state index contributed by atoms with van der Waals surface area (Å²) in [7, 11) is -4.59. The van der Waals surface area contributed by atoms with Gasteiger partial charge in [0, 0.05) is 11.6 Å². The maximum absolute atomic E-state index is 10.5. The minimum atomic E-state index is -4.59. The molecule has 1 aromatic carbocycles. The molecule has 1 aromatic heterocycles. The van der Waals surface area contributed by atoms with Gasteiger partial charge in [-0.15, -0.1) is 0 Å². The predicted octanol–water partition coefficient (Wildman–Crippen LogP) is 1.10. The third kappa shape index (κ3) is 2.50. The van der Waals surface area contributed by atoms with Gasteiger partial charge in [-0.2, -0.15) is 4.98 Å². The number of hydrogen-bond donors (Lipinski definition) is 2. The zero-order chi connectivity index (χ0) is 10.9. The first-order valence-corrected chi connectivity index (χ1v) is 5.54. The first-order valence-electron chi connectivity index (χ1n) is 4.01. The molecule has 0 aliphatic rings. The van der Waals surface area contributed by atoms with Crippen molar-refractivity contribution in [1.82, 2.24) is 9.97 Å². The number of nitrogens with zero attached hydrogens (tertiary/aromatic N) is 2. The van der Waals surface area contributed by atoms with Gasteiger partial charge in [0.25, 0.3) is 0 Å². The smallest absolute Gasteiger partial charge is 0.368 e. The molecule has 0 radical (unpaired) electrons. The zero-order valence-corrected chi connectivity index (χ0v) is 8.33. The van der Waals surface area contributed by atoms with E-state index in [1.54, 1.807) is 18.2 Å². The van der Waals surface area contributed by atoms with E-state index in [0.29, 0.717) is 5.52 Å². The number of hydrogen-bond acceptors (Lipinski definition) is 4. The molecule has 0 spiro atoms. The molecule has 7 heteroatoms. The third-order valence-corrected chi connectivity index (χ3v) is 2.07. The number of benzene rings is 1. The first-order chi connectivity index (χ1) is 7.04. The predicted molar refractivity (Wildman–Crippen MR) is 52.2 cm³/mol. The first kappa shape index (κ1) is 10.0. The lowest BCUT2D eigenvalue weighted by Gasteiger charge is -2.04. The van der Waals surface area contributed by atoms with Gasteiger partial charge in [-0.25, -0.2) is 9.55 Å². The van der Waals surface area contributed by atoms with Crippen molar-refractivity contribution >= 4 is 18.7 Å². The van der Waals surface area contributed by atoms with Crippen LogP contribution in [-0.4, -0.2) is 19.8 Å². The minimum Gasteiger partial charge on any atom is -0.368 e. The molecule has 2 rings (SSSR count). The molecule has 0 amide bonds. The van der Waals surface area contributed by atoms with Crippen LogP contribution in [-0.2, 0) is 4.57 Å². The molecule has 1 heterocycles. The molecule has 15 heavy (non-hydrogen) atoms. The van der Waals surface area contributed by atoms with Gasteiger partial charge in [0.2, 0.25) is 0 Å². The van der Waals surface area contributed by atoms with Crippen molar-refractivity contribution in [3.63, 3.8) is 0 Å². The summed E-state index contributed by atoms with van der Waals surface area (Å²) in [6.07, 6.45) is 1.44. The Morgan fingerprint density at radius 1 is 1.27 bits per heavy atom. The quantitative estimate of drug-likeness (QED) is 0.745. The summed E-state index contributed by atoms with van der Waals surface area (Å²) in [5, 5.41) is 0.774. The zero-order valence-electron chi connectivity index (χ0n) is 7.44. The average molecular weight is 226 g/mol. The Hall–Kier alpha value is -1.49. The molecular weight excluding hydrogens is 219 g/mol. The van der Waals surface area contributed by atoms with Crippen LogP contribution in [0.4, 0.5) is 0 Å². The topological polar surface area (TPSA) is 92.5 Å². The van der Waals surface area contributed by atoms with E-state index in [9.17, 15) is 4.57 Å². The minimum absolute atomic E-state index is 0.331. The van der Waals surface area contributed by atoms with Gasteiger partial charge in [-0.1, -0.05) is 18.2 Å². The Morgan fingerprint density at radius 2 is 2.00 bits per heavy atom. The van der Waals surface area contributed by atoms with Crippen molar-refractivity contribution in [2.45, 2.75) is 0 Å². The molecule has 0 aliphatic heterocycles. The summed E-state index contributed by atoms with van der Waals surface area (Å²) in [5.74, 6) is 0. The Balaban J connectivity index is 2.43. The molecular formula is C8H7N2O4P. The fraction of sp³-hybridized carbons (Fsp3) is 0. The second-order valence-electron chi connectivity index (χ2n) is 2.79. The lowest BCUT2D eigenvalue weighted by atomic mass is 10.2. The molecule has 2 aromatic rings. The van der Waals surface area contributed by atoms with Crippen LogP contribution in [0, 0.1) is 0 Å². The van der Waals surface area contributed by atoms with Crippen LogP contribution in [0.3, 0.4) is 0 Å². The van der Waals surface area contributed by atoms with E-state index in [2.05, 4.69) is 14.5 Å². The number of rotatable bonds is 2. The van der Waals surface area contributed by atoms with Crippen LogP contribution in [0.5, 0.6) is 6.01 Å². The van der Waals surface area contributed by atoms with Gasteiger partial charge in [-0.3, -0.25) is 9.79 Å². The Morgan fingerprint density at radius 3 is 2.73 bits per heavy atom. The van der Waals surface area contributed by atoms with Crippen LogP contribution in [0.1, 0.15) is 0 Å². The Kier molecular flexibility index (Phi) is 2.40. The summed E-state index contributed by atoms with van der Waals surface area (Å²) < 4.78 is 14.8. The molecule has 0 unspecified atom stereocenters. The number of phosphoric ester groups is 1. The highest BCUT2D eigenvalue weighted by molar-refractivity contribution is 7.46. The summed E-state index contributed by atoms with van der Waals surface area (Å²) in [4.78, 5) is 24.6.